The zero-order valence-corrected chi connectivity index (χ0v) is 7.23. The molecule has 1 aliphatic heterocycles. The van der Waals surface area contributed by atoms with Crippen LogP contribution in [0, 0.1) is 0 Å². The molecule has 0 aromatic carbocycles. The Bertz CT molecular complexity index is 310. The number of aromatic nitrogens is 2. The van der Waals surface area contributed by atoms with E-state index in [1.165, 1.54) is 0 Å². The minimum absolute atomic E-state index is 0.122. The Morgan fingerprint density at radius 1 is 1.69 bits per heavy atom. The second-order valence-corrected chi connectivity index (χ2v) is 3.25. The fourth-order valence-corrected chi connectivity index (χ4v) is 1.50. The van der Waals surface area contributed by atoms with Crippen molar-refractivity contribution < 1.29 is 4.79 Å². The molecule has 5 heteroatoms. The summed E-state index contributed by atoms with van der Waals surface area (Å²) in [6.45, 7) is 0.653. The smallest absolute Gasteiger partial charge is 0.220 e. The number of anilines is 1. The highest BCUT2D eigenvalue weighted by Gasteiger charge is 2.19. The van der Waals surface area contributed by atoms with Gasteiger partial charge in [-0.05, 0) is 6.42 Å². The molecule has 0 unspecified atom stereocenters. The van der Waals surface area contributed by atoms with E-state index in [2.05, 4.69) is 10.4 Å². The van der Waals surface area contributed by atoms with Crippen LogP contribution in [0.15, 0.2) is 12.4 Å². The SMILES string of the molecule is Nc1cnn([C@@H]2CCC(=O)NC2)c1. The molecule has 5 nitrogen and oxygen atoms in total. The van der Waals surface area contributed by atoms with Gasteiger partial charge in [-0.25, -0.2) is 0 Å². The van der Waals surface area contributed by atoms with E-state index in [0.29, 0.717) is 18.7 Å². The fourth-order valence-electron chi connectivity index (χ4n) is 1.50. The summed E-state index contributed by atoms with van der Waals surface area (Å²) < 4.78 is 1.81. The molecule has 1 aromatic rings. The third kappa shape index (κ3) is 1.63. The van der Waals surface area contributed by atoms with Gasteiger partial charge in [0.25, 0.3) is 0 Å². The first-order valence-corrected chi connectivity index (χ1v) is 4.32. The lowest BCUT2D eigenvalue weighted by atomic mass is 10.1. The van der Waals surface area contributed by atoms with Crippen LogP contribution in [0.25, 0.3) is 0 Å². The third-order valence-electron chi connectivity index (χ3n) is 2.24. The summed E-state index contributed by atoms with van der Waals surface area (Å²) in [6.07, 6.45) is 4.83. The van der Waals surface area contributed by atoms with Crippen molar-refractivity contribution in [2.24, 2.45) is 0 Å². The van der Waals surface area contributed by atoms with Crippen LogP contribution in [-0.2, 0) is 4.79 Å². The van der Waals surface area contributed by atoms with Crippen molar-refractivity contribution >= 4 is 11.6 Å². The number of carbonyl (C=O) groups excluding carboxylic acids is 1. The molecule has 1 aromatic heterocycles. The number of piperidine rings is 1. The largest absolute Gasteiger partial charge is 0.396 e. The normalized spacial score (nSPS) is 22.8. The quantitative estimate of drug-likeness (QED) is 0.634. The molecule has 1 atom stereocenters. The van der Waals surface area contributed by atoms with Crippen molar-refractivity contribution in [3.8, 4) is 0 Å². The number of amides is 1. The average molecular weight is 180 g/mol. The summed E-state index contributed by atoms with van der Waals surface area (Å²) >= 11 is 0. The lowest BCUT2D eigenvalue weighted by Gasteiger charge is -2.22. The second-order valence-electron chi connectivity index (χ2n) is 3.25. The molecule has 0 aliphatic carbocycles. The van der Waals surface area contributed by atoms with Gasteiger partial charge in [0, 0.05) is 19.2 Å². The van der Waals surface area contributed by atoms with Gasteiger partial charge in [0.15, 0.2) is 0 Å². The summed E-state index contributed by atoms with van der Waals surface area (Å²) in [5, 5.41) is 6.90. The lowest BCUT2D eigenvalue weighted by molar-refractivity contribution is -0.122. The van der Waals surface area contributed by atoms with E-state index in [-0.39, 0.29) is 11.9 Å². The summed E-state index contributed by atoms with van der Waals surface area (Å²) in [6, 6.07) is 0.259. The molecule has 0 spiro atoms. The Hall–Kier alpha value is -1.52. The number of rotatable bonds is 1. The molecule has 1 fully saturated rings. The van der Waals surface area contributed by atoms with Gasteiger partial charge in [0.2, 0.25) is 5.91 Å². The first-order valence-electron chi connectivity index (χ1n) is 4.32. The van der Waals surface area contributed by atoms with E-state index in [0.717, 1.165) is 6.42 Å². The van der Waals surface area contributed by atoms with Gasteiger partial charge in [0.05, 0.1) is 17.9 Å². The summed E-state index contributed by atoms with van der Waals surface area (Å²) in [5.41, 5.74) is 6.21. The standard InChI is InChI=1S/C8H12N4O/c9-6-3-11-12(5-6)7-1-2-8(13)10-4-7/h3,5,7H,1-2,4,9H2,(H,10,13)/t7-/m1/s1. The first-order chi connectivity index (χ1) is 6.25. The molecule has 70 valence electrons. The summed E-state index contributed by atoms with van der Waals surface area (Å²) in [5.74, 6) is 0.122. The predicted molar refractivity (Wildman–Crippen MR) is 47.9 cm³/mol. The molecule has 3 N–H and O–H groups in total. The first kappa shape index (κ1) is 8.10. The highest BCUT2D eigenvalue weighted by Crippen LogP contribution is 2.16. The number of hydrogen-bond donors (Lipinski definition) is 2. The van der Waals surface area contributed by atoms with E-state index < -0.39 is 0 Å². The van der Waals surface area contributed by atoms with Crippen molar-refractivity contribution in [1.82, 2.24) is 15.1 Å². The van der Waals surface area contributed by atoms with E-state index in [1.807, 2.05) is 4.68 Å². The van der Waals surface area contributed by atoms with Gasteiger partial charge < -0.3 is 11.1 Å². The summed E-state index contributed by atoms with van der Waals surface area (Å²) in [7, 11) is 0. The maximum Gasteiger partial charge on any atom is 0.220 e. The average Bonchev–Trinajstić information content (AvgIpc) is 2.53. The van der Waals surface area contributed by atoms with Crippen LogP contribution in [0.4, 0.5) is 5.69 Å². The number of carbonyl (C=O) groups is 1. The van der Waals surface area contributed by atoms with Crippen LogP contribution < -0.4 is 11.1 Å². The van der Waals surface area contributed by atoms with Crippen LogP contribution in [0.2, 0.25) is 0 Å². The molecule has 2 heterocycles. The minimum Gasteiger partial charge on any atom is -0.396 e. The van der Waals surface area contributed by atoms with Crippen LogP contribution in [0.1, 0.15) is 18.9 Å². The molecular weight excluding hydrogens is 168 g/mol. The fraction of sp³-hybridized carbons (Fsp3) is 0.500. The van der Waals surface area contributed by atoms with E-state index >= 15 is 0 Å². The van der Waals surface area contributed by atoms with Gasteiger partial charge in [0.1, 0.15) is 0 Å². The van der Waals surface area contributed by atoms with Crippen molar-refractivity contribution in [2.75, 3.05) is 12.3 Å². The maximum absolute atomic E-state index is 10.9. The monoisotopic (exact) mass is 180 g/mol. The van der Waals surface area contributed by atoms with Crippen LogP contribution in [-0.4, -0.2) is 22.2 Å². The van der Waals surface area contributed by atoms with Gasteiger partial charge in [-0.15, -0.1) is 0 Å². The van der Waals surface area contributed by atoms with E-state index in [4.69, 9.17) is 5.73 Å². The van der Waals surface area contributed by atoms with Gasteiger partial charge >= 0.3 is 0 Å². The molecule has 0 bridgehead atoms. The number of nitrogens with one attached hydrogen (secondary N) is 1. The second kappa shape index (κ2) is 3.08. The number of nitrogen functional groups attached to an aromatic ring is 1. The molecule has 1 amide bonds. The zero-order valence-electron chi connectivity index (χ0n) is 7.23. The predicted octanol–water partition coefficient (Wildman–Crippen LogP) is -0.0836. The number of nitrogens with two attached hydrogens (primary N) is 1. The maximum atomic E-state index is 10.9. The highest BCUT2D eigenvalue weighted by molar-refractivity contribution is 5.76. The molecular formula is C8H12N4O. The minimum atomic E-state index is 0.122. The Balaban J connectivity index is 2.06. The molecule has 2 rings (SSSR count). The molecule has 0 saturated carbocycles. The van der Waals surface area contributed by atoms with E-state index in [1.54, 1.807) is 12.4 Å². The Kier molecular flexibility index (Phi) is 1.92. The highest BCUT2D eigenvalue weighted by atomic mass is 16.1. The van der Waals surface area contributed by atoms with Crippen molar-refractivity contribution in [2.45, 2.75) is 18.9 Å². The Morgan fingerprint density at radius 3 is 3.08 bits per heavy atom. The van der Waals surface area contributed by atoms with Crippen molar-refractivity contribution in [3.63, 3.8) is 0 Å². The molecule has 1 saturated heterocycles. The topological polar surface area (TPSA) is 72.9 Å². The van der Waals surface area contributed by atoms with Crippen molar-refractivity contribution in [3.05, 3.63) is 12.4 Å². The van der Waals surface area contributed by atoms with Crippen LogP contribution in [0.5, 0.6) is 0 Å². The van der Waals surface area contributed by atoms with Crippen LogP contribution >= 0.6 is 0 Å². The molecule has 0 radical (unpaired) electrons. The summed E-state index contributed by atoms with van der Waals surface area (Å²) in [4.78, 5) is 10.9. The van der Waals surface area contributed by atoms with Gasteiger partial charge in [-0.2, -0.15) is 5.10 Å². The Labute approximate surface area is 75.9 Å². The molecule has 1 aliphatic rings. The Morgan fingerprint density at radius 2 is 2.54 bits per heavy atom. The number of hydrogen-bond acceptors (Lipinski definition) is 3. The molecule has 13 heavy (non-hydrogen) atoms. The van der Waals surface area contributed by atoms with E-state index in [9.17, 15) is 4.79 Å². The van der Waals surface area contributed by atoms with Gasteiger partial charge in [-0.1, -0.05) is 0 Å². The third-order valence-corrected chi connectivity index (χ3v) is 2.24. The van der Waals surface area contributed by atoms with Crippen LogP contribution in [0.3, 0.4) is 0 Å². The lowest BCUT2D eigenvalue weighted by Crippen LogP contribution is -2.36. The zero-order chi connectivity index (χ0) is 9.26. The van der Waals surface area contributed by atoms with Crippen molar-refractivity contribution in [1.29, 1.82) is 0 Å². The number of nitrogens with zero attached hydrogens (tertiary/aromatic N) is 2. The van der Waals surface area contributed by atoms with Gasteiger partial charge in [-0.3, -0.25) is 9.48 Å².